The summed E-state index contributed by atoms with van der Waals surface area (Å²) in [5, 5.41) is 9.95. The minimum atomic E-state index is -1.02. The third-order valence-electron chi connectivity index (χ3n) is 3.88. The Hall–Kier alpha value is -1.62. The zero-order valence-corrected chi connectivity index (χ0v) is 12.4. The monoisotopic (exact) mass is 300 g/mol. The third kappa shape index (κ3) is 1.97. The van der Waals surface area contributed by atoms with Crippen LogP contribution in [0.5, 0.6) is 17.2 Å². The zero-order chi connectivity index (χ0) is 14.9. The van der Waals surface area contributed by atoms with Gasteiger partial charge in [-0.3, -0.25) is 4.79 Å². The highest BCUT2D eigenvalue weighted by atomic mass is 35.5. The van der Waals surface area contributed by atoms with Gasteiger partial charge >= 0.3 is 5.97 Å². The second kappa shape index (κ2) is 5.40. The van der Waals surface area contributed by atoms with E-state index in [1.807, 2.05) is 0 Å². The fraction of sp³-hybridized carbons (Fsp3) is 0.500. The Morgan fingerprint density at radius 1 is 1.20 bits per heavy atom. The number of rotatable bonds is 5. The Balaban J connectivity index is 2.77. The van der Waals surface area contributed by atoms with E-state index in [9.17, 15) is 9.90 Å². The Bertz CT molecular complexity index is 537. The van der Waals surface area contributed by atoms with Gasteiger partial charge in [0, 0.05) is 6.07 Å². The molecule has 0 amide bonds. The van der Waals surface area contributed by atoms with Gasteiger partial charge in [0.1, 0.15) is 11.2 Å². The molecule has 6 heteroatoms. The first kappa shape index (κ1) is 14.8. The van der Waals surface area contributed by atoms with Crippen molar-refractivity contribution in [3.05, 3.63) is 16.7 Å². The molecule has 1 aromatic rings. The van der Waals surface area contributed by atoms with Crippen molar-refractivity contribution in [3.8, 4) is 17.2 Å². The second-order valence-corrected chi connectivity index (χ2v) is 5.15. The normalized spacial score (nSPS) is 16.2. The first-order chi connectivity index (χ1) is 9.51. The summed E-state index contributed by atoms with van der Waals surface area (Å²) in [5.74, 6) is 0.216. The van der Waals surface area contributed by atoms with Crippen molar-refractivity contribution in [3.63, 3.8) is 0 Å². The Labute approximate surface area is 122 Å². The van der Waals surface area contributed by atoms with Gasteiger partial charge in [0.25, 0.3) is 0 Å². The molecule has 1 fully saturated rings. The summed E-state index contributed by atoms with van der Waals surface area (Å²) in [5.41, 5.74) is -0.555. The number of carbonyl (C=O) groups is 1. The number of aliphatic carboxylic acids is 1. The van der Waals surface area contributed by atoms with Gasteiger partial charge < -0.3 is 19.3 Å². The van der Waals surface area contributed by atoms with Crippen LogP contribution in [0.4, 0.5) is 0 Å². The minimum Gasteiger partial charge on any atom is -0.495 e. The van der Waals surface area contributed by atoms with Gasteiger partial charge in [-0.25, -0.2) is 0 Å². The average Bonchev–Trinajstić information content (AvgIpc) is 2.36. The molecule has 0 saturated heterocycles. The number of hydrogen-bond donors (Lipinski definition) is 1. The van der Waals surface area contributed by atoms with Crippen LogP contribution in [-0.4, -0.2) is 32.4 Å². The van der Waals surface area contributed by atoms with Gasteiger partial charge in [-0.1, -0.05) is 18.0 Å². The van der Waals surface area contributed by atoms with E-state index in [4.69, 9.17) is 25.8 Å². The Morgan fingerprint density at radius 3 is 2.15 bits per heavy atom. The summed E-state index contributed by atoms with van der Waals surface area (Å²) in [4.78, 5) is 11.8. The summed E-state index contributed by atoms with van der Waals surface area (Å²) < 4.78 is 15.9. The van der Waals surface area contributed by atoms with Crippen molar-refractivity contribution in [2.75, 3.05) is 21.3 Å². The van der Waals surface area contributed by atoms with E-state index < -0.39 is 11.4 Å². The number of methoxy groups -OCH3 is 3. The summed E-state index contributed by atoms with van der Waals surface area (Å²) in [6.07, 6.45) is 1.89. The van der Waals surface area contributed by atoms with Crippen LogP contribution < -0.4 is 14.2 Å². The molecule has 2 rings (SSSR count). The molecule has 1 aromatic carbocycles. The molecule has 0 unspecified atom stereocenters. The molecule has 0 aromatic heterocycles. The van der Waals surface area contributed by atoms with Crippen LogP contribution in [0.15, 0.2) is 6.07 Å². The smallest absolute Gasteiger partial charge is 0.314 e. The maximum atomic E-state index is 11.8. The molecule has 110 valence electrons. The maximum absolute atomic E-state index is 11.8. The van der Waals surface area contributed by atoms with E-state index in [2.05, 4.69) is 0 Å². The van der Waals surface area contributed by atoms with Crippen molar-refractivity contribution in [2.24, 2.45) is 0 Å². The number of carboxylic acids is 1. The minimum absolute atomic E-state index is 0.313. The molecule has 5 nitrogen and oxygen atoms in total. The van der Waals surface area contributed by atoms with Crippen LogP contribution in [0.3, 0.4) is 0 Å². The summed E-state index contributed by atoms with van der Waals surface area (Å²) >= 11 is 6.18. The summed E-state index contributed by atoms with van der Waals surface area (Å²) in [7, 11) is 4.42. The van der Waals surface area contributed by atoms with Crippen LogP contribution >= 0.6 is 11.6 Å². The fourth-order valence-electron chi connectivity index (χ4n) is 2.68. The predicted molar refractivity (Wildman–Crippen MR) is 74.3 cm³/mol. The van der Waals surface area contributed by atoms with Gasteiger partial charge in [-0.05, 0) is 12.8 Å². The van der Waals surface area contributed by atoms with Crippen molar-refractivity contribution < 1.29 is 24.1 Å². The quantitative estimate of drug-likeness (QED) is 0.906. The van der Waals surface area contributed by atoms with Crippen molar-refractivity contribution in [1.82, 2.24) is 0 Å². The van der Waals surface area contributed by atoms with Crippen LogP contribution in [0.1, 0.15) is 24.8 Å². The SMILES string of the molecule is COc1cc(Cl)c(OC)c(C2(C(=O)O)CCC2)c1OC. The maximum Gasteiger partial charge on any atom is 0.314 e. The van der Waals surface area contributed by atoms with Gasteiger partial charge in [0.2, 0.25) is 0 Å². The predicted octanol–water partition coefficient (Wildman–Crippen LogP) is 2.87. The molecule has 0 radical (unpaired) electrons. The molecular formula is C14H17ClO5. The molecule has 1 saturated carbocycles. The molecule has 20 heavy (non-hydrogen) atoms. The topological polar surface area (TPSA) is 65.0 Å². The van der Waals surface area contributed by atoms with E-state index in [1.54, 1.807) is 6.07 Å². The van der Waals surface area contributed by atoms with Gasteiger partial charge in [-0.15, -0.1) is 0 Å². The number of ether oxygens (including phenoxy) is 3. The van der Waals surface area contributed by atoms with E-state index in [0.717, 1.165) is 6.42 Å². The molecular weight excluding hydrogens is 284 g/mol. The average molecular weight is 301 g/mol. The lowest BCUT2D eigenvalue weighted by Gasteiger charge is -2.39. The molecule has 0 bridgehead atoms. The fourth-order valence-corrected chi connectivity index (χ4v) is 2.95. The third-order valence-corrected chi connectivity index (χ3v) is 4.16. The molecule has 0 atom stereocenters. The van der Waals surface area contributed by atoms with E-state index in [-0.39, 0.29) is 0 Å². The molecule has 1 aliphatic carbocycles. The molecule has 1 N–H and O–H groups in total. The highest BCUT2D eigenvalue weighted by Crippen LogP contribution is 2.55. The van der Waals surface area contributed by atoms with Gasteiger partial charge in [0.15, 0.2) is 11.5 Å². The van der Waals surface area contributed by atoms with Crippen molar-refractivity contribution in [2.45, 2.75) is 24.7 Å². The van der Waals surface area contributed by atoms with Crippen molar-refractivity contribution in [1.29, 1.82) is 0 Å². The lowest BCUT2D eigenvalue weighted by atomic mass is 9.64. The first-order valence-electron chi connectivity index (χ1n) is 6.24. The van der Waals surface area contributed by atoms with E-state index >= 15 is 0 Å². The lowest BCUT2D eigenvalue weighted by molar-refractivity contribution is -0.147. The van der Waals surface area contributed by atoms with Gasteiger partial charge in [0.05, 0.1) is 31.9 Å². The number of carboxylic acid groups (broad SMARTS) is 1. The molecule has 1 aliphatic rings. The van der Waals surface area contributed by atoms with E-state index in [0.29, 0.717) is 40.7 Å². The number of benzene rings is 1. The highest BCUT2D eigenvalue weighted by Gasteiger charge is 2.50. The number of halogens is 1. The van der Waals surface area contributed by atoms with Crippen molar-refractivity contribution >= 4 is 17.6 Å². The second-order valence-electron chi connectivity index (χ2n) is 4.74. The lowest BCUT2D eigenvalue weighted by Crippen LogP contribution is -2.43. The highest BCUT2D eigenvalue weighted by molar-refractivity contribution is 6.32. The number of hydrogen-bond acceptors (Lipinski definition) is 4. The Kier molecular flexibility index (Phi) is 3.99. The first-order valence-corrected chi connectivity index (χ1v) is 6.62. The van der Waals surface area contributed by atoms with Gasteiger partial charge in [-0.2, -0.15) is 0 Å². The molecule has 0 aliphatic heterocycles. The molecule has 0 heterocycles. The summed E-state index contributed by atoms with van der Waals surface area (Å²) in [6, 6.07) is 1.57. The standard InChI is InChI=1S/C14H17ClO5/c1-18-9-7-8(15)11(19-2)10(12(9)20-3)14(13(16)17)5-4-6-14/h7H,4-6H2,1-3H3,(H,16,17). The van der Waals surface area contributed by atoms with Crippen LogP contribution in [0.25, 0.3) is 0 Å². The summed E-state index contributed by atoms with van der Waals surface area (Å²) in [6.45, 7) is 0. The Morgan fingerprint density at radius 2 is 1.80 bits per heavy atom. The molecule has 0 spiro atoms. The van der Waals surface area contributed by atoms with Crippen LogP contribution in [0, 0.1) is 0 Å². The van der Waals surface area contributed by atoms with Crippen LogP contribution in [0.2, 0.25) is 5.02 Å². The van der Waals surface area contributed by atoms with E-state index in [1.165, 1.54) is 21.3 Å². The largest absolute Gasteiger partial charge is 0.495 e. The zero-order valence-electron chi connectivity index (χ0n) is 11.7. The van der Waals surface area contributed by atoms with Crippen LogP contribution in [-0.2, 0) is 10.2 Å².